The molecule has 6 heteroatoms. The molecule has 4 aromatic rings. The molecule has 0 aliphatic carbocycles. The zero-order valence-electron chi connectivity index (χ0n) is 19.1. The van der Waals surface area contributed by atoms with Gasteiger partial charge in [-0.15, -0.1) is 11.3 Å². The monoisotopic (exact) mass is 458 g/mol. The number of rotatable bonds is 7. The van der Waals surface area contributed by atoms with Crippen LogP contribution in [0.25, 0.3) is 26.9 Å². The lowest BCUT2D eigenvalue weighted by molar-refractivity contribution is -0.111. The quantitative estimate of drug-likeness (QED) is 0.312. The summed E-state index contributed by atoms with van der Waals surface area (Å²) in [4.78, 5) is 17.1. The summed E-state index contributed by atoms with van der Waals surface area (Å²) in [6.07, 6.45) is 3.30. The molecule has 1 aromatic heterocycles. The standard InChI is InChI=1S/C27H26N2O3S/c1-17(2)32-23-13-6-19(16-24(23)31-4)7-14-26(30)28-21-10-8-20(9-11-21)27-29-22-12-5-18(3)15-25(22)33-27/h5-17H,1-4H3,(H,28,30). The van der Waals surface area contributed by atoms with Gasteiger partial charge >= 0.3 is 0 Å². The van der Waals surface area contributed by atoms with Crippen molar-refractivity contribution in [2.45, 2.75) is 26.9 Å². The van der Waals surface area contributed by atoms with E-state index >= 15 is 0 Å². The molecule has 168 valence electrons. The van der Waals surface area contributed by atoms with Crippen LogP contribution in [-0.2, 0) is 4.79 Å². The van der Waals surface area contributed by atoms with E-state index in [1.165, 1.54) is 16.3 Å². The Labute approximate surface area is 197 Å². The molecule has 5 nitrogen and oxygen atoms in total. The Kier molecular flexibility index (Phi) is 6.75. The fraction of sp³-hybridized carbons (Fsp3) is 0.185. The molecular weight excluding hydrogens is 432 g/mol. The zero-order chi connectivity index (χ0) is 23.4. The fourth-order valence-corrected chi connectivity index (χ4v) is 4.42. The predicted molar refractivity (Wildman–Crippen MR) is 136 cm³/mol. The van der Waals surface area contributed by atoms with Crippen molar-refractivity contribution in [1.82, 2.24) is 4.98 Å². The molecule has 1 amide bonds. The third kappa shape index (κ3) is 5.59. The summed E-state index contributed by atoms with van der Waals surface area (Å²) >= 11 is 1.67. The van der Waals surface area contributed by atoms with Crippen molar-refractivity contribution in [2.75, 3.05) is 12.4 Å². The Morgan fingerprint density at radius 3 is 2.55 bits per heavy atom. The number of thiazole rings is 1. The van der Waals surface area contributed by atoms with Gasteiger partial charge < -0.3 is 14.8 Å². The van der Waals surface area contributed by atoms with Gasteiger partial charge in [-0.25, -0.2) is 4.98 Å². The number of nitrogens with zero attached hydrogens (tertiary/aromatic N) is 1. The predicted octanol–water partition coefficient (Wildman–Crippen LogP) is 6.72. The smallest absolute Gasteiger partial charge is 0.248 e. The fourth-order valence-electron chi connectivity index (χ4n) is 3.35. The van der Waals surface area contributed by atoms with Gasteiger partial charge in [0.25, 0.3) is 0 Å². The van der Waals surface area contributed by atoms with E-state index in [1.807, 2.05) is 62.4 Å². The Morgan fingerprint density at radius 2 is 1.82 bits per heavy atom. The van der Waals surface area contributed by atoms with Gasteiger partial charge in [0.15, 0.2) is 11.5 Å². The van der Waals surface area contributed by atoms with Gasteiger partial charge in [-0.05, 0) is 86.5 Å². The molecule has 33 heavy (non-hydrogen) atoms. The minimum Gasteiger partial charge on any atom is -0.493 e. The first-order chi connectivity index (χ1) is 15.9. The van der Waals surface area contributed by atoms with Crippen LogP contribution in [0.4, 0.5) is 5.69 Å². The molecule has 0 saturated carbocycles. The maximum Gasteiger partial charge on any atom is 0.248 e. The Hall–Kier alpha value is -3.64. The number of ether oxygens (including phenoxy) is 2. The highest BCUT2D eigenvalue weighted by atomic mass is 32.1. The maximum absolute atomic E-state index is 12.4. The van der Waals surface area contributed by atoms with Crippen molar-refractivity contribution in [3.8, 4) is 22.1 Å². The summed E-state index contributed by atoms with van der Waals surface area (Å²) in [6, 6.07) is 19.6. The molecule has 0 aliphatic rings. The highest BCUT2D eigenvalue weighted by Gasteiger charge is 2.08. The van der Waals surface area contributed by atoms with E-state index < -0.39 is 0 Å². The number of hydrogen-bond donors (Lipinski definition) is 1. The Balaban J connectivity index is 1.41. The van der Waals surface area contributed by atoms with Gasteiger partial charge in [0.05, 0.1) is 23.4 Å². The van der Waals surface area contributed by atoms with E-state index in [0.717, 1.165) is 27.3 Å². The number of carbonyl (C=O) groups excluding carboxylic acids is 1. The number of benzene rings is 3. The number of anilines is 1. The molecule has 0 atom stereocenters. The second kappa shape index (κ2) is 9.88. The van der Waals surface area contributed by atoms with Crippen LogP contribution in [-0.4, -0.2) is 24.1 Å². The minimum absolute atomic E-state index is 0.0521. The number of hydrogen-bond acceptors (Lipinski definition) is 5. The summed E-state index contributed by atoms with van der Waals surface area (Å²) in [7, 11) is 1.60. The van der Waals surface area contributed by atoms with Gasteiger partial charge in [0.1, 0.15) is 5.01 Å². The van der Waals surface area contributed by atoms with Crippen molar-refractivity contribution >= 4 is 39.2 Å². The average Bonchev–Trinajstić information content (AvgIpc) is 3.21. The van der Waals surface area contributed by atoms with Crippen LogP contribution < -0.4 is 14.8 Å². The van der Waals surface area contributed by atoms with Crippen LogP contribution in [0.1, 0.15) is 25.0 Å². The normalized spacial score (nSPS) is 11.3. The van der Waals surface area contributed by atoms with Crippen LogP contribution in [0, 0.1) is 6.92 Å². The topological polar surface area (TPSA) is 60.5 Å². The number of aryl methyl sites for hydroxylation is 1. The van der Waals surface area contributed by atoms with E-state index in [1.54, 1.807) is 24.5 Å². The highest BCUT2D eigenvalue weighted by Crippen LogP contribution is 2.31. The van der Waals surface area contributed by atoms with Gasteiger partial charge in [0, 0.05) is 17.3 Å². The molecule has 1 heterocycles. The zero-order valence-corrected chi connectivity index (χ0v) is 19.9. The lowest BCUT2D eigenvalue weighted by Gasteiger charge is -2.13. The largest absolute Gasteiger partial charge is 0.493 e. The first-order valence-corrected chi connectivity index (χ1v) is 11.5. The van der Waals surface area contributed by atoms with Crippen LogP contribution in [0.2, 0.25) is 0 Å². The Morgan fingerprint density at radius 1 is 1.03 bits per heavy atom. The van der Waals surface area contributed by atoms with Gasteiger partial charge in [-0.2, -0.15) is 0 Å². The SMILES string of the molecule is COc1cc(C=CC(=O)Nc2ccc(-c3nc4ccc(C)cc4s3)cc2)ccc1OC(C)C. The van der Waals surface area contributed by atoms with Gasteiger partial charge in [-0.1, -0.05) is 12.1 Å². The molecule has 1 N–H and O–H groups in total. The van der Waals surface area contributed by atoms with E-state index in [4.69, 9.17) is 14.5 Å². The molecule has 0 spiro atoms. The molecule has 0 aliphatic heterocycles. The first kappa shape index (κ1) is 22.6. The van der Waals surface area contributed by atoms with Crippen LogP contribution in [0.15, 0.2) is 66.7 Å². The van der Waals surface area contributed by atoms with Crippen molar-refractivity contribution in [3.63, 3.8) is 0 Å². The lowest BCUT2D eigenvalue weighted by atomic mass is 10.2. The lowest BCUT2D eigenvalue weighted by Crippen LogP contribution is -2.07. The number of aromatic nitrogens is 1. The number of carbonyl (C=O) groups is 1. The second-order valence-corrected chi connectivity index (χ2v) is 9.00. The molecule has 0 bridgehead atoms. The molecule has 0 saturated heterocycles. The molecule has 0 unspecified atom stereocenters. The molecule has 0 radical (unpaired) electrons. The van der Waals surface area contributed by atoms with E-state index in [-0.39, 0.29) is 12.0 Å². The van der Waals surface area contributed by atoms with Gasteiger partial charge in [0.2, 0.25) is 5.91 Å². The maximum atomic E-state index is 12.4. The number of methoxy groups -OCH3 is 1. The summed E-state index contributed by atoms with van der Waals surface area (Å²) in [6.45, 7) is 6.01. The van der Waals surface area contributed by atoms with Crippen molar-refractivity contribution < 1.29 is 14.3 Å². The van der Waals surface area contributed by atoms with E-state index in [9.17, 15) is 4.79 Å². The average molecular weight is 459 g/mol. The van der Waals surface area contributed by atoms with Gasteiger partial charge in [-0.3, -0.25) is 4.79 Å². The third-order valence-electron chi connectivity index (χ3n) is 4.92. The number of amides is 1. The number of fused-ring (bicyclic) bond motifs is 1. The Bertz CT molecular complexity index is 1310. The molecule has 4 rings (SSSR count). The minimum atomic E-state index is -0.209. The summed E-state index contributed by atoms with van der Waals surface area (Å²) in [5.41, 5.74) is 4.83. The van der Waals surface area contributed by atoms with Crippen molar-refractivity contribution in [2.24, 2.45) is 0 Å². The van der Waals surface area contributed by atoms with Crippen molar-refractivity contribution in [1.29, 1.82) is 0 Å². The van der Waals surface area contributed by atoms with Crippen LogP contribution >= 0.6 is 11.3 Å². The summed E-state index contributed by atoms with van der Waals surface area (Å²) in [5, 5.41) is 3.86. The van der Waals surface area contributed by atoms with Crippen LogP contribution in [0.5, 0.6) is 11.5 Å². The van der Waals surface area contributed by atoms with Crippen molar-refractivity contribution in [3.05, 3.63) is 77.9 Å². The third-order valence-corrected chi connectivity index (χ3v) is 5.99. The van der Waals surface area contributed by atoms with E-state index in [0.29, 0.717) is 11.5 Å². The first-order valence-electron chi connectivity index (χ1n) is 10.7. The summed E-state index contributed by atoms with van der Waals surface area (Å²) < 4.78 is 12.3. The molecular formula is C27H26N2O3S. The van der Waals surface area contributed by atoms with E-state index in [2.05, 4.69) is 24.4 Å². The molecule has 3 aromatic carbocycles. The highest BCUT2D eigenvalue weighted by molar-refractivity contribution is 7.21. The number of nitrogens with one attached hydrogen (secondary N) is 1. The molecule has 0 fully saturated rings. The van der Waals surface area contributed by atoms with Crippen LogP contribution in [0.3, 0.4) is 0 Å². The second-order valence-electron chi connectivity index (χ2n) is 7.97. The summed E-state index contributed by atoms with van der Waals surface area (Å²) in [5.74, 6) is 1.10.